The molecule has 2 heterocycles. The summed E-state index contributed by atoms with van der Waals surface area (Å²) < 4.78 is 5.47. The number of carbonyl (C=O) groups is 2. The molecule has 1 fully saturated rings. The second kappa shape index (κ2) is 6.82. The van der Waals surface area contributed by atoms with Crippen molar-refractivity contribution in [1.82, 2.24) is 9.80 Å². The summed E-state index contributed by atoms with van der Waals surface area (Å²) >= 11 is 0. The van der Waals surface area contributed by atoms with E-state index in [0.29, 0.717) is 19.6 Å². The van der Waals surface area contributed by atoms with Gasteiger partial charge in [-0.1, -0.05) is 18.2 Å². The summed E-state index contributed by atoms with van der Waals surface area (Å²) in [5.74, 6) is 0. The highest BCUT2D eigenvalue weighted by atomic mass is 16.6. The van der Waals surface area contributed by atoms with E-state index < -0.39 is 5.60 Å². The number of ether oxygens (including phenoxy) is 1. The summed E-state index contributed by atoms with van der Waals surface area (Å²) in [5.41, 5.74) is 1.31. The maximum Gasteiger partial charge on any atom is 0.410 e. The highest BCUT2D eigenvalue weighted by Crippen LogP contribution is 2.32. The highest BCUT2D eigenvalue weighted by Gasteiger charge is 2.40. The largest absolute Gasteiger partial charge is 0.444 e. The molecule has 3 amide bonds. The van der Waals surface area contributed by atoms with Crippen LogP contribution in [0.1, 0.15) is 46.1 Å². The molecular weight excluding hydrogens is 330 g/mol. The molecule has 3 rings (SSSR count). The van der Waals surface area contributed by atoms with Crippen LogP contribution < -0.4 is 5.32 Å². The van der Waals surface area contributed by atoms with Crippen molar-refractivity contribution < 1.29 is 14.3 Å². The Bertz CT molecular complexity index is 688. The van der Waals surface area contributed by atoms with Crippen LogP contribution in [-0.4, -0.2) is 52.7 Å². The van der Waals surface area contributed by atoms with Crippen LogP contribution in [0.5, 0.6) is 0 Å². The van der Waals surface area contributed by atoms with Gasteiger partial charge in [-0.3, -0.25) is 0 Å². The number of carbonyl (C=O) groups excluding carboxylic acids is 2. The molecule has 142 valence electrons. The van der Waals surface area contributed by atoms with Crippen LogP contribution in [0.3, 0.4) is 0 Å². The van der Waals surface area contributed by atoms with Crippen molar-refractivity contribution in [3.63, 3.8) is 0 Å². The number of piperidine rings is 1. The van der Waals surface area contributed by atoms with Gasteiger partial charge >= 0.3 is 12.1 Å². The fraction of sp³-hybridized carbons (Fsp3) is 0.600. The minimum atomic E-state index is -0.492. The first-order valence-electron chi connectivity index (χ1n) is 9.32. The molecule has 0 aliphatic carbocycles. The van der Waals surface area contributed by atoms with Gasteiger partial charge in [0.2, 0.25) is 0 Å². The Morgan fingerprint density at radius 1 is 1.15 bits per heavy atom. The van der Waals surface area contributed by atoms with Crippen LogP contribution in [0.4, 0.5) is 15.3 Å². The van der Waals surface area contributed by atoms with Gasteiger partial charge in [0.05, 0.1) is 0 Å². The topological polar surface area (TPSA) is 61.9 Å². The van der Waals surface area contributed by atoms with Gasteiger partial charge in [-0.05, 0) is 58.6 Å². The molecule has 0 bridgehead atoms. The Morgan fingerprint density at radius 3 is 2.46 bits per heavy atom. The predicted molar refractivity (Wildman–Crippen MR) is 101 cm³/mol. The van der Waals surface area contributed by atoms with E-state index in [1.807, 2.05) is 43.9 Å². The average Bonchev–Trinajstić information content (AvgIpc) is 2.72. The summed E-state index contributed by atoms with van der Waals surface area (Å²) in [6, 6.07) is 7.90. The lowest BCUT2D eigenvalue weighted by Gasteiger charge is -2.46. The number of benzene rings is 1. The zero-order valence-corrected chi connectivity index (χ0v) is 16.2. The van der Waals surface area contributed by atoms with Gasteiger partial charge in [0.25, 0.3) is 0 Å². The van der Waals surface area contributed by atoms with Crippen molar-refractivity contribution in [2.45, 2.75) is 58.1 Å². The van der Waals surface area contributed by atoms with Gasteiger partial charge in [0, 0.05) is 30.9 Å². The zero-order valence-electron chi connectivity index (χ0n) is 16.2. The lowest BCUT2D eigenvalue weighted by Crippen LogP contribution is -2.57. The van der Waals surface area contributed by atoms with Crippen LogP contribution in [0.15, 0.2) is 24.3 Å². The van der Waals surface area contributed by atoms with E-state index >= 15 is 0 Å². The monoisotopic (exact) mass is 359 g/mol. The smallest absolute Gasteiger partial charge is 0.410 e. The maximum absolute atomic E-state index is 12.8. The molecule has 0 spiro atoms. The number of nitrogens with one attached hydrogen (secondary N) is 1. The van der Waals surface area contributed by atoms with Crippen molar-refractivity contribution >= 4 is 17.8 Å². The normalized spacial score (nSPS) is 20.1. The third kappa shape index (κ3) is 3.94. The summed E-state index contributed by atoms with van der Waals surface area (Å²) in [4.78, 5) is 28.8. The van der Waals surface area contributed by atoms with Crippen molar-refractivity contribution in [1.29, 1.82) is 0 Å². The van der Waals surface area contributed by atoms with E-state index in [4.69, 9.17) is 4.74 Å². The summed E-state index contributed by atoms with van der Waals surface area (Å²) in [6.07, 6.45) is 2.05. The molecule has 2 aliphatic heterocycles. The van der Waals surface area contributed by atoms with Gasteiger partial charge in [-0.15, -0.1) is 0 Å². The fourth-order valence-electron chi connectivity index (χ4n) is 3.66. The van der Waals surface area contributed by atoms with Gasteiger partial charge in [0.15, 0.2) is 0 Å². The Kier molecular flexibility index (Phi) is 4.86. The number of fused-ring (bicyclic) bond motifs is 1. The summed E-state index contributed by atoms with van der Waals surface area (Å²) in [5, 5.41) is 3.04. The molecule has 0 aromatic heterocycles. The van der Waals surface area contributed by atoms with Crippen LogP contribution in [-0.2, 0) is 11.2 Å². The van der Waals surface area contributed by atoms with E-state index in [9.17, 15) is 9.59 Å². The lowest BCUT2D eigenvalue weighted by molar-refractivity contribution is 0.00668. The predicted octanol–water partition coefficient (Wildman–Crippen LogP) is 3.87. The summed E-state index contributed by atoms with van der Waals surface area (Å²) in [7, 11) is 0. The molecule has 0 radical (unpaired) electrons. The molecule has 1 N–H and O–H groups in total. The number of likely N-dealkylation sites (tertiary alicyclic amines) is 1. The fourth-order valence-corrected chi connectivity index (χ4v) is 3.66. The van der Waals surface area contributed by atoms with Gasteiger partial charge in [-0.25, -0.2) is 9.59 Å². The first kappa shape index (κ1) is 18.5. The van der Waals surface area contributed by atoms with Crippen molar-refractivity contribution in [2.75, 3.05) is 25.0 Å². The number of nitrogens with zero attached hydrogens (tertiary/aromatic N) is 2. The zero-order chi connectivity index (χ0) is 18.9. The number of anilines is 1. The van der Waals surface area contributed by atoms with Crippen LogP contribution in [0.2, 0.25) is 0 Å². The molecule has 0 saturated carbocycles. The SMILES string of the molecule is CC(C)(C)OC(=O)N1CCC(C)(N2CCc3ccccc3NC2=O)CC1. The Balaban J connectivity index is 1.65. The molecule has 26 heavy (non-hydrogen) atoms. The molecule has 1 aromatic carbocycles. The quantitative estimate of drug-likeness (QED) is 0.828. The van der Waals surface area contributed by atoms with E-state index in [1.54, 1.807) is 4.90 Å². The average molecular weight is 359 g/mol. The van der Waals surface area contributed by atoms with E-state index in [2.05, 4.69) is 18.3 Å². The third-order valence-corrected chi connectivity index (χ3v) is 5.25. The number of para-hydroxylation sites is 1. The van der Waals surface area contributed by atoms with Gasteiger partial charge < -0.3 is 19.9 Å². The maximum atomic E-state index is 12.8. The second-order valence-corrected chi connectivity index (χ2v) is 8.45. The number of hydrogen-bond acceptors (Lipinski definition) is 3. The van der Waals surface area contributed by atoms with E-state index in [1.165, 1.54) is 0 Å². The molecular formula is C20H29N3O3. The van der Waals surface area contributed by atoms with Crippen LogP contribution in [0.25, 0.3) is 0 Å². The van der Waals surface area contributed by atoms with Crippen LogP contribution in [0, 0.1) is 0 Å². The second-order valence-electron chi connectivity index (χ2n) is 8.45. The van der Waals surface area contributed by atoms with Crippen molar-refractivity contribution in [3.8, 4) is 0 Å². The number of hydrogen-bond donors (Lipinski definition) is 1. The Morgan fingerprint density at radius 2 is 1.81 bits per heavy atom. The minimum Gasteiger partial charge on any atom is -0.444 e. The first-order chi connectivity index (χ1) is 12.2. The molecule has 0 unspecified atom stereocenters. The highest BCUT2D eigenvalue weighted by molar-refractivity contribution is 5.91. The minimum absolute atomic E-state index is 0.0526. The van der Waals surface area contributed by atoms with Crippen LogP contribution >= 0.6 is 0 Å². The molecule has 2 aliphatic rings. The number of amides is 3. The molecule has 6 nitrogen and oxygen atoms in total. The van der Waals surface area contributed by atoms with E-state index in [-0.39, 0.29) is 17.7 Å². The standard InChI is InChI=1S/C20H29N3O3/c1-19(2,3)26-18(25)22-13-10-20(4,11-14-22)23-12-9-15-7-5-6-8-16(15)21-17(23)24/h5-8H,9-14H2,1-4H3,(H,21,24). The number of urea groups is 1. The molecule has 1 aromatic rings. The lowest BCUT2D eigenvalue weighted by atomic mass is 9.87. The van der Waals surface area contributed by atoms with Gasteiger partial charge in [-0.2, -0.15) is 0 Å². The van der Waals surface area contributed by atoms with E-state index in [0.717, 1.165) is 30.5 Å². The van der Waals surface area contributed by atoms with Gasteiger partial charge in [0.1, 0.15) is 5.60 Å². The Hall–Kier alpha value is -2.24. The number of rotatable bonds is 1. The molecule has 1 saturated heterocycles. The molecule has 0 atom stereocenters. The van der Waals surface area contributed by atoms with Crippen molar-refractivity contribution in [3.05, 3.63) is 29.8 Å². The first-order valence-corrected chi connectivity index (χ1v) is 9.32. The summed E-state index contributed by atoms with van der Waals surface area (Å²) in [6.45, 7) is 9.62. The third-order valence-electron chi connectivity index (χ3n) is 5.25. The van der Waals surface area contributed by atoms with Crippen molar-refractivity contribution in [2.24, 2.45) is 0 Å². The molecule has 6 heteroatoms. The Labute approximate surface area is 155 Å².